The van der Waals surface area contributed by atoms with Gasteiger partial charge in [0, 0.05) is 6.42 Å². The molecular weight excluding hydrogens is 351 g/mol. The Morgan fingerprint density at radius 2 is 2.06 bits per heavy atom. The number of fused-ring (bicyclic) bond motifs is 1. The Morgan fingerprint density at radius 3 is 2.56 bits per heavy atom. The van der Waals surface area contributed by atoms with Gasteiger partial charge in [-0.3, -0.25) is 4.18 Å². The number of aliphatic hydroxyl groups excluding tert-OH is 2. The molecule has 6 nitrogen and oxygen atoms in total. The van der Waals surface area contributed by atoms with Crippen molar-refractivity contribution < 1.29 is 27.6 Å². The topological polar surface area (TPSA) is 93.1 Å². The Balaban J connectivity index is 2.17. The standard InChI is InChI=1S/C8H11IO6S/c9-5-6-8(3-11)4(16(12,13)14-6)1-7(5,2-10)15-8/h4-6,10-11H,1-3H2. The van der Waals surface area contributed by atoms with Gasteiger partial charge in [0.05, 0.1) is 17.1 Å². The molecule has 0 radical (unpaired) electrons. The molecule has 3 saturated heterocycles. The molecule has 3 fully saturated rings. The Morgan fingerprint density at radius 1 is 1.38 bits per heavy atom. The average Bonchev–Trinajstić information content (AvgIpc) is 2.76. The first-order chi connectivity index (χ1) is 7.42. The smallest absolute Gasteiger partial charge is 0.273 e. The van der Waals surface area contributed by atoms with Crippen LogP contribution < -0.4 is 0 Å². The zero-order valence-electron chi connectivity index (χ0n) is 8.17. The largest absolute Gasteiger partial charge is 0.393 e. The van der Waals surface area contributed by atoms with Crippen LogP contribution in [0.15, 0.2) is 0 Å². The van der Waals surface area contributed by atoms with E-state index in [-0.39, 0.29) is 17.0 Å². The lowest BCUT2D eigenvalue weighted by Gasteiger charge is -2.28. The van der Waals surface area contributed by atoms with Crippen molar-refractivity contribution in [2.75, 3.05) is 13.2 Å². The van der Waals surface area contributed by atoms with E-state index in [4.69, 9.17) is 8.92 Å². The average molecular weight is 362 g/mol. The van der Waals surface area contributed by atoms with Crippen LogP contribution in [-0.4, -0.2) is 58.3 Å². The molecule has 3 heterocycles. The predicted molar refractivity (Wildman–Crippen MR) is 60.7 cm³/mol. The van der Waals surface area contributed by atoms with Gasteiger partial charge in [-0.25, -0.2) is 0 Å². The van der Waals surface area contributed by atoms with Crippen LogP contribution in [0.3, 0.4) is 0 Å². The molecule has 0 aromatic rings. The number of hydrogen-bond acceptors (Lipinski definition) is 6. The lowest BCUT2D eigenvalue weighted by Crippen LogP contribution is -2.52. The van der Waals surface area contributed by atoms with Crippen LogP contribution in [0.2, 0.25) is 0 Å². The maximum absolute atomic E-state index is 11.7. The van der Waals surface area contributed by atoms with Crippen LogP contribution in [0.4, 0.5) is 0 Å². The molecule has 2 bridgehead atoms. The normalized spacial score (nSPS) is 57.1. The van der Waals surface area contributed by atoms with Crippen molar-refractivity contribution >= 4 is 32.7 Å². The van der Waals surface area contributed by atoms with Gasteiger partial charge in [0.15, 0.2) is 0 Å². The second-order valence-corrected chi connectivity index (χ2v) is 7.63. The van der Waals surface area contributed by atoms with Crippen molar-refractivity contribution in [1.82, 2.24) is 0 Å². The quantitative estimate of drug-likeness (QED) is 0.364. The summed E-state index contributed by atoms with van der Waals surface area (Å²) in [5, 5.41) is 18.0. The van der Waals surface area contributed by atoms with Gasteiger partial charge in [-0.2, -0.15) is 8.42 Å². The summed E-state index contributed by atoms with van der Waals surface area (Å²) in [7, 11) is -3.68. The summed E-state index contributed by atoms with van der Waals surface area (Å²) in [6.07, 6.45) is -0.495. The molecule has 16 heavy (non-hydrogen) atoms. The van der Waals surface area contributed by atoms with Crippen LogP contribution in [0, 0.1) is 0 Å². The van der Waals surface area contributed by atoms with E-state index in [1.54, 1.807) is 0 Å². The third-order valence-corrected chi connectivity index (χ3v) is 7.35. The number of hydrogen-bond donors (Lipinski definition) is 2. The van der Waals surface area contributed by atoms with Gasteiger partial charge >= 0.3 is 0 Å². The van der Waals surface area contributed by atoms with Gasteiger partial charge in [-0.05, 0) is 0 Å². The molecular formula is C8H11IO6S. The minimum atomic E-state index is -3.68. The van der Waals surface area contributed by atoms with Crippen LogP contribution in [0.5, 0.6) is 0 Å². The summed E-state index contributed by atoms with van der Waals surface area (Å²) in [6.45, 7) is -0.656. The molecule has 5 unspecified atom stereocenters. The van der Waals surface area contributed by atoms with E-state index in [0.29, 0.717) is 0 Å². The fourth-order valence-electron chi connectivity index (χ4n) is 3.00. The van der Waals surface area contributed by atoms with Crippen LogP contribution in [0.1, 0.15) is 6.42 Å². The van der Waals surface area contributed by atoms with E-state index in [9.17, 15) is 18.6 Å². The number of aliphatic hydroxyl groups is 2. The second kappa shape index (κ2) is 3.09. The highest BCUT2D eigenvalue weighted by Crippen LogP contribution is 2.61. The zero-order valence-corrected chi connectivity index (χ0v) is 11.1. The first-order valence-electron chi connectivity index (χ1n) is 4.90. The third kappa shape index (κ3) is 1.04. The molecule has 3 rings (SSSR count). The molecule has 0 amide bonds. The number of halogens is 1. The molecule has 3 aliphatic rings. The first kappa shape index (κ1) is 11.6. The molecule has 3 aliphatic heterocycles. The second-order valence-electron chi connectivity index (χ2n) is 4.54. The minimum Gasteiger partial charge on any atom is -0.393 e. The summed E-state index contributed by atoms with van der Waals surface area (Å²) in [6, 6.07) is 0. The highest BCUT2D eigenvalue weighted by atomic mass is 127. The van der Waals surface area contributed by atoms with Gasteiger partial charge in [0.2, 0.25) is 0 Å². The SMILES string of the molecule is O=S1(=O)OC2C(I)C3(CO)CC1C2(CO)O3. The molecule has 0 saturated carbocycles. The number of alkyl halides is 1. The van der Waals surface area contributed by atoms with Crippen molar-refractivity contribution in [2.24, 2.45) is 0 Å². The highest BCUT2D eigenvalue weighted by molar-refractivity contribution is 14.1. The highest BCUT2D eigenvalue weighted by Gasteiger charge is 2.79. The number of rotatable bonds is 2. The Kier molecular flexibility index (Phi) is 2.24. The zero-order chi connectivity index (χ0) is 11.8. The first-order valence-corrected chi connectivity index (χ1v) is 7.62. The summed E-state index contributed by atoms with van der Waals surface area (Å²) >= 11 is 2.03. The molecule has 5 atom stereocenters. The monoisotopic (exact) mass is 362 g/mol. The minimum absolute atomic E-state index is 0.191. The van der Waals surface area contributed by atoms with Crippen LogP contribution in [-0.2, 0) is 19.0 Å². The van der Waals surface area contributed by atoms with Gasteiger partial charge in [-0.1, -0.05) is 22.6 Å². The molecule has 0 aromatic heterocycles. The summed E-state index contributed by atoms with van der Waals surface area (Å²) in [4.78, 5) is 0. The van der Waals surface area contributed by atoms with E-state index in [1.165, 1.54) is 0 Å². The predicted octanol–water partition coefficient (Wildman–Crippen LogP) is -1.22. The fraction of sp³-hybridized carbons (Fsp3) is 1.00. The lowest BCUT2D eigenvalue weighted by atomic mass is 9.80. The van der Waals surface area contributed by atoms with Gasteiger partial charge in [0.25, 0.3) is 10.1 Å². The summed E-state index contributed by atoms with van der Waals surface area (Å²) in [5.74, 6) is 0. The van der Waals surface area contributed by atoms with Gasteiger partial charge < -0.3 is 14.9 Å². The van der Waals surface area contributed by atoms with E-state index in [1.807, 2.05) is 22.6 Å². The fourth-order valence-corrected chi connectivity index (χ4v) is 6.46. The van der Waals surface area contributed by atoms with Crippen LogP contribution in [0.25, 0.3) is 0 Å². The van der Waals surface area contributed by atoms with Crippen molar-refractivity contribution in [2.45, 2.75) is 32.9 Å². The summed E-state index contributed by atoms with van der Waals surface area (Å²) < 4.78 is 33.9. The molecule has 0 aliphatic carbocycles. The number of ether oxygens (including phenoxy) is 1. The molecule has 8 heteroatoms. The van der Waals surface area contributed by atoms with Crippen molar-refractivity contribution in [1.29, 1.82) is 0 Å². The summed E-state index contributed by atoms with van der Waals surface area (Å²) in [5.41, 5.74) is -2.06. The van der Waals surface area contributed by atoms with E-state index >= 15 is 0 Å². The van der Waals surface area contributed by atoms with E-state index in [2.05, 4.69) is 0 Å². The Bertz CT molecular complexity index is 438. The van der Waals surface area contributed by atoms with E-state index in [0.717, 1.165) is 0 Å². The molecule has 92 valence electrons. The van der Waals surface area contributed by atoms with Crippen LogP contribution >= 0.6 is 22.6 Å². The molecule has 0 spiro atoms. The maximum Gasteiger partial charge on any atom is 0.273 e. The third-order valence-electron chi connectivity index (χ3n) is 3.82. The molecule has 0 aromatic carbocycles. The Labute approximate surface area is 106 Å². The van der Waals surface area contributed by atoms with Gasteiger partial charge in [-0.15, -0.1) is 0 Å². The van der Waals surface area contributed by atoms with Crippen molar-refractivity contribution in [3.05, 3.63) is 0 Å². The Hall–Kier alpha value is 0.520. The van der Waals surface area contributed by atoms with Gasteiger partial charge in [0.1, 0.15) is 22.6 Å². The van der Waals surface area contributed by atoms with E-state index < -0.39 is 39.3 Å². The molecule has 2 N–H and O–H groups in total. The lowest BCUT2D eigenvalue weighted by molar-refractivity contribution is -0.100. The van der Waals surface area contributed by atoms with Crippen molar-refractivity contribution in [3.63, 3.8) is 0 Å². The maximum atomic E-state index is 11.7. The van der Waals surface area contributed by atoms with Crippen molar-refractivity contribution in [3.8, 4) is 0 Å².